The number of para-hydroxylation sites is 1. The molecule has 0 bridgehead atoms. The quantitative estimate of drug-likeness (QED) is 0.878. The predicted octanol–water partition coefficient (Wildman–Crippen LogP) is 2.52. The number of nitrogens with one attached hydrogen (secondary N) is 1. The summed E-state index contributed by atoms with van der Waals surface area (Å²) in [6.45, 7) is 4.47. The molecule has 3 rings (SSSR count). The Balaban J connectivity index is 2.13. The smallest absolute Gasteiger partial charge is 0.224 e. The van der Waals surface area contributed by atoms with Gasteiger partial charge in [-0.1, -0.05) is 19.1 Å². The van der Waals surface area contributed by atoms with Gasteiger partial charge < -0.3 is 10.2 Å². The number of nitrogens with zero attached hydrogens (tertiary/aromatic N) is 3. The normalized spacial score (nSPS) is 19.4. The Hall–Kier alpha value is -1.84. The molecule has 4 nitrogen and oxygen atoms in total. The van der Waals surface area contributed by atoms with Crippen LogP contribution in [0.4, 0.5) is 11.8 Å². The van der Waals surface area contributed by atoms with Crippen molar-refractivity contribution in [3.05, 3.63) is 24.3 Å². The third-order valence-corrected chi connectivity index (χ3v) is 3.53. The summed E-state index contributed by atoms with van der Waals surface area (Å²) < 4.78 is 0. The standard InChI is InChI=1S/C14H18N4/c1-10-7-8-18(9-10)13-11-5-3-4-6-12(11)16-14(15-2)17-13/h3-6,10H,7-9H2,1-2H3,(H,15,16,17). The average Bonchev–Trinajstić information content (AvgIpc) is 2.84. The third kappa shape index (κ3) is 1.88. The van der Waals surface area contributed by atoms with E-state index in [2.05, 4.69) is 33.2 Å². The Bertz CT molecular complexity index is 567. The van der Waals surface area contributed by atoms with Crippen LogP contribution in [-0.4, -0.2) is 30.1 Å². The number of anilines is 2. The van der Waals surface area contributed by atoms with Gasteiger partial charge >= 0.3 is 0 Å². The van der Waals surface area contributed by atoms with Crippen molar-refractivity contribution in [2.45, 2.75) is 13.3 Å². The molecule has 2 heterocycles. The number of fused-ring (bicyclic) bond motifs is 1. The Kier molecular flexibility index (Phi) is 2.78. The second-order valence-electron chi connectivity index (χ2n) is 4.98. The Morgan fingerprint density at radius 2 is 2.11 bits per heavy atom. The Morgan fingerprint density at radius 3 is 2.83 bits per heavy atom. The van der Waals surface area contributed by atoms with E-state index in [1.54, 1.807) is 0 Å². The molecule has 1 N–H and O–H groups in total. The summed E-state index contributed by atoms with van der Waals surface area (Å²) in [6, 6.07) is 8.22. The molecule has 1 saturated heterocycles. The van der Waals surface area contributed by atoms with Gasteiger partial charge in [0.15, 0.2) is 0 Å². The van der Waals surface area contributed by atoms with Crippen LogP contribution in [0.1, 0.15) is 13.3 Å². The molecule has 0 amide bonds. The molecule has 1 aromatic carbocycles. The highest BCUT2D eigenvalue weighted by molar-refractivity contribution is 5.90. The molecular formula is C14H18N4. The fourth-order valence-electron chi connectivity index (χ4n) is 2.54. The molecule has 1 atom stereocenters. The largest absolute Gasteiger partial charge is 0.357 e. The molecule has 18 heavy (non-hydrogen) atoms. The zero-order chi connectivity index (χ0) is 12.5. The second kappa shape index (κ2) is 4.44. The lowest BCUT2D eigenvalue weighted by molar-refractivity contribution is 0.659. The van der Waals surface area contributed by atoms with Gasteiger partial charge in [0.25, 0.3) is 0 Å². The van der Waals surface area contributed by atoms with Gasteiger partial charge in [-0.25, -0.2) is 4.98 Å². The zero-order valence-corrected chi connectivity index (χ0v) is 10.8. The van der Waals surface area contributed by atoms with Crippen molar-refractivity contribution in [3.8, 4) is 0 Å². The zero-order valence-electron chi connectivity index (χ0n) is 10.8. The van der Waals surface area contributed by atoms with Crippen molar-refractivity contribution >= 4 is 22.7 Å². The van der Waals surface area contributed by atoms with E-state index >= 15 is 0 Å². The third-order valence-electron chi connectivity index (χ3n) is 3.53. The van der Waals surface area contributed by atoms with Crippen LogP contribution in [0.2, 0.25) is 0 Å². The van der Waals surface area contributed by atoms with E-state index in [1.807, 2.05) is 25.2 Å². The molecule has 94 valence electrons. The van der Waals surface area contributed by atoms with Crippen molar-refractivity contribution < 1.29 is 0 Å². The molecule has 0 spiro atoms. The second-order valence-corrected chi connectivity index (χ2v) is 4.98. The Morgan fingerprint density at radius 1 is 1.28 bits per heavy atom. The molecule has 1 fully saturated rings. The Labute approximate surface area is 107 Å². The van der Waals surface area contributed by atoms with Crippen LogP contribution in [-0.2, 0) is 0 Å². The molecule has 1 unspecified atom stereocenters. The van der Waals surface area contributed by atoms with Crippen molar-refractivity contribution in [2.24, 2.45) is 5.92 Å². The fourth-order valence-corrected chi connectivity index (χ4v) is 2.54. The maximum atomic E-state index is 4.64. The SMILES string of the molecule is CNc1nc(N2CCC(C)C2)c2ccccc2n1. The predicted molar refractivity (Wildman–Crippen MR) is 75.1 cm³/mol. The van der Waals surface area contributed by atoms with Gasteiger partial charge in [-0.2, -0.15) is 4.98 Å². The molecule has 1 aliphatic heterocycles. The number of aromatic nitrogens is 2. The lowest BCUT2D eigenvalue weighted by atomic mass is 10.2. The van der Waals surface area contributed by atoms with Crippen LogP contribution in [0, 0.1) is 5.92 Å². The minimum absolute atomic E-state index is 0.697. The maximum absolute atomic E-state index is 4.64. The van der Waals surface area contributed by atoms with Crippen molar-refractivity contribution in [3.63, 3.8) is 0 Å². The van der Waals surface area contributed by atoms with Crippen LogP contribution < -0.4 is 10.2 Å². The van der Waals surface area contributed by atoms with E-state index in [4.69, 9.17) is 0 Å². The average molecular weight is 242 g/mol. The summed E-state index contributed by atoms with van der Waals surface area (Å²) >= 11 is 0. The number of rotatable bonds is 2. The summed E-state index contributed by atoms with van der Waals surface area (Å²) in [4.78, 5) is 11.5. The first-order valence-electron chi connectivity index (χ1n) is 6.47. The van der Waals surface area contributed by atoms with Gasteiger partial charge in [-0.15, -0.1) is 0 Å². The van der Waals surface area contributed by atoms with E-state index in [0.717, 1.165) is 35.7 Å². The topological polar surface area (TPSA) is 41.1 Å². The number of benzene rings is 1. The summed E-state index contributed by atoms with van der Waals surface area (Å²) in [5.74, 6) is 2.51. The summed E-state index contributed by atoms with van der Waals surface area (Å²) in [6.07, 6.45) is 1.24. The molecule has 1 aromatic heterocycles. The van der Waals surface area contributed by atoms with Gasteiger partial charge in [-0.3, -0.25) is 0 Å². The monoisotopic (exact) mass is 242 g/mol. The summed E-state index contributed by atoms with van der Waals surface area (Å²) in [7, 11) is 1.86. The molecule has 0 saturated carbocycles. The first-order chi connectivity index (χ1) is 8.78. The fraction of sp³-hybridized carbons (Fsp3) is 0.429. The van der Waals surface area contributed by atoms with Gasteiger partial charge in [-0.05, 0) is 24.5 Å². The van der Waals surface area contributed by atoms with Crippen molar-refractivity contribution in [2.75, 3.05) is 30.4 Å². The van der Waals surface area contributed by atoms with Crippen LogP contribution in [0.5, 0.6) is 0 Å². The van der Waals surface area contributed by atoms with Gasteiger partial charge in [0.1, 0.15) is 5.82 Å². The highest BCUT2D eigenvalue weighted by Gasteiger charge is 2.22. The van der Waals surface area contributed by atoms with E-state index in [-0.39, 0.29) is 0 Å². The minimum atomic E-state index is 0.697. The lowest BCUT2D eigenvalue weighted by Gasteiger charge is -2.19. The summed E-state index contributed by atoms with van der Waals surface area (Å²) in [5, 5.41) is 4.19. The molecule has 1 aliphatic rings. The van der Waals surface area contributed by atoms with Crippen LogP contribution in [0.15, 0.2) is 24.3 Å². The van der Waals surface area contributed by atoms with Gasteiger partial charge in [0, 0.05) is 25.5 Å². The van der Waals surface area contributed by atoms with Crippen LogP contribution in [0.3, 0.4) is 0 Å². The van der Waals surface area contributed by atoms with Crippen molar-refractivity contribution in [1.82, 2.24) is 9.97 Å². The van der Waals surface area contributed by atoms with Crippen LogP contribution in [0.25, 0.3) is 10.9 Å². The molecule has 0 aliphatic carbocycles. The molecule has 0 radical (unpaired) electrons. The number of hydrogen-bond acceptors (Lipinski definition) is 4. The number of hydrogen-bond donors (Lipinski definition) is 1. The van der Waals surface area contributed by atoms with Crippen molar-refractivity contribution in [1.29, 1.82) is 0 Å². The minimum Gasteiger partial charge on any atom is -0.357 e. The first kappa shape index (κ1) is 11.3. The van der Waals surface area contributed by atoms with Gasteiger partial charge in [0.05, 0.1) is 5.52 Å². The highest BCUT2D eigenvalue weighted by atomic mass is 15.2. The summed E-state index contributed by atoms with van der Waals surface area (Å²) in [5.41, 5.74) is 1.01. The van der Waals surface area contributed by atoms with E-state index < -0.39 is 0 Å². The van der Waals surface area contributed by atoms with Gasteiger partial charge in [0.2, 0.25) is 5.95 Å². The molecule has 2 aromatic rings. The highest BCUT2D eigenvalue weighted by Crippen LogP contribution is 2.29. The van der Waals surface area contributed by atoms with E-state index in [1.165, 1.54) is 6.42 Å². The first-order valence-corrected chi connectivity index (χ1v) is 6.47. The maximum Gasteiger partial charge on any atom is 0.224 e. The van der Waals surface area contributed by atoms with E-state index in [0.29, 0.717) is 5.95 Å². The molecule has 4 heteroatoms. The van der Waals surface area contributed by atoms with Crippen LogP contribution >= 0.6 is 0 Å². The lowest BCUT2D eigenvalue weighted by Crippen LogP contribution is -2.21. The molecular weight excluding hydrogens is 224 g/mol. The van der Waals surface area contributed by atoms with E-state index in [9.17, 15) is 0 Å².